The van der Waals surface area contributed by atoms with Crippen LogP contribution in [0, 0.1) is 6.92 Å². The van der Waals surface area contributed by atoms with E-state index >= 15 is 0 Å². The van der Waals surface area contributed by atoms with Crippen LogP contribution in [0.4, 0.5) is 5.69 Å². The second kappa shape index (κ2) is 5.23. The van der Waals surface area contributed by atoms with Crippen molar-refractivity contribution in [3.05, 3.63) is 28.2 Å². The van der Waals surface area contributed by atoms with E-state index < -0.39 is 0 Å². The Hall–Kier alpha value is -0.910. The van der Waals surface area contributed by atoms with E-state index in [1.807, 2.05) is 17.0 Å². The molecule has 1 amide bonds. The molecule has 2 fully saturated rings. The lowest BCUT2D eigenvalue weighted by Crippen LogP contribution is -2.64. The minimum absolute atomic E-state index is 0.00514. The van der Waals surface area contributed by atoms with Gasteiger partial charge in [0, 0.05) is 42.9 Å². The fourth-order valence-corrected chi connectivity index (χ4v) is 3.41. The first-order valence-corrected chi connectivity index (χ1v) is 7.48. The van der Waals surface area contributed by atoms with Crippen LogP contribution >= 0.6 is 15.9 Å². The summed E-state index contributed by atoms with van der Waals surface area (Å²) in [5.41, 5.74) is 2.18. The van der Waals surface area contributed by atoms with Crippen molar-refractivity contribution in [2.75, 3.05) is 37.6 Å². The Morgan fingerprint density at radius 1 is 1.32 bits per heavy atom. The summed E-state index contributed by atoms with van der Waals surface area (Å²) < 4.78 is 1.05. The molecule has 1 unspecified atom stereocenters. The zero-order chi connectivity index (χ0) is 13.4. The Labute approximate surface area is 121 Å². The Balaban J connectivity index is 1.87. The molecule has 102 valence electrons. The quantitative estimate of drug-likeness (QED) is 0.848. The first-order valence-electron chi connectivity index (χ1n) is 6.69. The number of carbonyl (C=O) groups is 1. The molecule has 19 heavy (non-hydrogen) atoms. The molecule has 1 atom stereocenters. The maximum absolute atomic E-state index is 12.6. The topological polar surface area (TPSA) is 35.6 Å². The van der Waals surface area contributed by atoms with Gasteiger partial charge in [-0.25, -0.2) is 0 Å². The molecular weight excluding hydrogens is 306 g/mol. The molecule has 0 aromatic heterocycles. The van der Waals surface area contributed by atoms with Crippen molar-refractivity contribution in [2.45, 2.75) is 13.0 Å². The number of nitrogens with one attached hydrogen (secondary N) is 1. The minimum atomic E-state index is 0.00514. The number of amides is 1. The van der Waals surface area contributed by atoms with Crippen molar-refractivity contribution < 1.29 is 4.79 Å². The molecule has 0 spiro atoms. The maximum Gasteiger partial charge on any atom is 0.245 e. The first kappa shape index (κ1) is 13.1. The smallest absolute Gasteiger partial charge is 0.245 e. The molecular formula is C14H18BrN3O. The van der Waals surface area contributed by atoms with Crippen LogP contribution in [-0.4, -0.2) is 49.6 Å². The number of piperazine rings is 2. The molecule has 1 aromatic carbocycles. The molecule has 2 aliphatic heterocycles. The number of carbonyl (C=O) groups excluding carboxylic acids is 1. The standard InChI is InChI=1S/C14H18BrN3O/c1-10-8-11(15)2-3-12(10)18-7-6-17-5-4-16-9-13(17)14(18)19/h2-3,8,13,16H,4-7,9H2,1H3. The van der Waals surface area contributed by atoms with Crippen molar-refractivity contribution in [1.29, 1.82) is 0 Å². The number of fused-ring (bicyclic) bond motifs is 1. The fraction of sp³-hybridized carbons (Fsp3) is 0.500. The predicted molar refractivity (Wildman–Crippen MR) is 79.5 cm³/mol. The third kappa shape index (κ3) is 2.42. The molecule has 2 aliphatic rings. The normalized spacial score (nSPS) is 24.4. The molecule has 3 rings (SSSR count). The van der Waals surface area contributed by atoms with Gasteiger partial charge < -0.3 is 10.2 Å². The van der Waals surface area contributed by atoms with Gasteiger partial charge in [0.2, 0.25) is 5.91 Å². The summed E-state index contributed by atoms with van der Waals surface area (Å²) in [6.07, 6.45) is 0. The molecule has 0 saturated carbocycles. The summed E-state index contributed by atoms with van der Waals surface area (Å²) in [6.45, 7) is 6.54. The van der Waals surface area contributed by atoms with Crippen LogP contribution in [0.2, 0.25) is 0 Å². The van der Waals surface area contributed by atoms with Gasteiger partial charge in [0.15, 0.2) is 0 Å². The molecule has 5 heteroatoms. The third-order valence-electron chi connectivity index (χ3n) is 3.97. The summed E-state index contributed by atoms with van der Waals surface area (Å²) in [5.74, 6) is 0.226. The highest BCUT2D eigenvalue weighted by Crippen LogP contribution is 2.27. The highest BCUT2D eigenvalue weighted by molar-refractivity contribution is 9.10. The number of rotatable bonds is 1. The van der Waals surface area contributed by atoms with Gasteiger partial charge in [-0.1, -0.05) is 15.9 Å². The van der Waals surface area contributed by atoms with E-state index in [0.717, 1.165) is 48.4 Å². The summed E-state index contributed by atoms with van der Waals surface area (Å²) in [5, 5.41) is 3.31. The summed E-state index contributed by atoms with van der Waals surface area (Å²) in [4.78, 5) is 16.9. The van der Waals surface area contributed by atoms with Crippen LogP contribution in [0.15, 0.2) is 22.7 Å². The van der Waals surface area contributed by atoms with Gasteiger partial charge in [0.25, 0.3) is 0 Å². The van der Waals surface area contributed by atoms with Gasteiger partial charge in [-0.05, 0) is 30.7 Å². The van der Waals surface area contributed by atoms with Gasteiger partial charge in [0.1, 0.15) is 6.04 Å². The van der Waals surface area contributed by atoms with Crippen LogP contribution in [0.25, 0.3) is 0 Å². The summed E-state index contributed by atoms with van der Waals surface area (Å²) >= 11 is 3.47. The third-order valence-corrected chi connectivity index (χ3v) is 4.46. The first-order chi connectivity index (χ1) is 9.16. The Morgan fingerprint density at radius 3 is 2.95 bits per heavy atom. The number of hydrogen-bond donors (Lipinski definition) is 1. The average Bonchev–Trinajstić information content (AvgIpc) is 2.41. The van der Waals surface area contributed by atoms with E-state index in [1.165, 1.54) is 0 Å². The average molecular weight is 324 g/mol. The van der Waals surface area contributed by atoms with E-state index in [2.05, 4.69) is 39.1 Å². The lowest BCUT2D eigenvalue weighted by atomic mass is 10.1. The predicted octanol–water partition coefficient (Wildman–Crippen LogP) is 1.38. The van der Waals surface area contributed by atoms with Crippen LogP contribution in [0.1, 0.15) is 5.56 Å². The second-order valence-corrected chi connectivity index (χ2v) is 6.09. The van der Waals surface area contributed by atoms with E-state index in [9.17, 15) is 4.79 Å². The highest BCUT2D eigenvalue weighted by Gasteiger charge is 2.36. The van der Waals surface area contributed by atoms with Gasteiger partial charge in [0.05, 0.1) is 0 Å². The minimum Gasteiger partial charge on any atom is -0.313 e. The van der Waals surface area contributed by atoms with Crippen LogP contribution in [0.5, 0.6) is 0 Å². The Bertz CT molecular complexity index is 505. The van der Waals surface area contributed by atoms with E-state index in [0.29, 0.717) is 0 Å². The number of hydrogen-bond acceptors (Lipinski definition) is 3. The molecule has 1 aromatic rings. The maximum atomic E-state index is 12.6. The molecule has 2 saturated heterocycles. The summed E-state index contributed by atoms with van der Waals surface area (Å²) in [7, 11) is 0. The van der Waals surface area contributed by atoms with Crippen LogP contribution in [-0.2, 0) is 4.79 Å². The molecule has 4 nitrogen and oxygen atoms in total. The van der Waals surface area contributed by atoms with Gasteiger partial charge in [-0.15, -0.1) is 0 Å². The van der Waals surface area contributed by atoms with Crippen LogP contribution in [0.3, 0.4) is 0 Å². The van der Waals surface area contributed by atoms with Gasteiger partial charge in [-0.3, -0.25) is 9.69 Å². The summed E-state index contributed by atoms with van der Waals surface area (Å²) in [6, 6.07) is 6.10. The van der Waals surface area contributed by atoms with Crippen molar-refractivity contribution >= 4 is 27.5 Å². The number of anilines is 1. The molecule has 0 bridgehead atoms. The van der Waals surface area contributed by atoms with E-state index in [1.54, 1.807) is 0 Å². The number of halogens is 1. The molecule has 1 N–H and O–H groups in total. The van der Waals surface area contributed by atoms with Gasteiger partial charge in [-0.2, -0.15) is 0 Å². The van der Waals surface area contributed by atoms with Crippen molar-refractivity contribution in [2.24, 2.45) is 0 Å². The molecule has 0 radical (unpaired) electrons. The largest absolute Gasteiger partial charge is 0.313 e. The number of nitrogens with zero attached hydrogens (tertiary/aromatic N) is 2. The van der Waals surface area contributed by atoms with Crippen molar-refractivity contribution in [1.82, 2.24) is 10.2 Å². The molecule has 2 heterocycles. The SMILES string of the molecule is Cc1cc(Br)ccc1N1CCN2CCNCC2C1=O. The fourth-order valence-electron chi connectivity index (χ4n) is 2.94. The Kier molecular flexibility index (Phi) is 3.60. The van der Waals surface area contributed by atoms with Crippen molar-refractivity contribution in [3.63, 3.8) is 0 Å². The van der Waals surface area contributed by atoms with E-state index in [4.69, 9.17) is 0 Å². The zero-order valence-corrected chi connectivity index (χ0v) is 12.6. The lowest BCUT2D eigenvalue weighted by molar-refractivity contribution is -0.126. The van der Waals surface area contributed by atoms with Gasteiger partial charge >= 0.3 is 0 Å². The van der Waals surface area contributed by atoms with Crippen LogP contribution < -0.4 is 10.2 Å². The number of benzene rings is 1. The zero-order valence-electron chi connectivity index (χ0n) is 11.0. The Morgan fingerprint density at radius 2 is 2.16 bits per heavy atom. The second-order valence-electron chi connectivity index (χ2n) is 5.18. The molecule has 0 aliphatic carbocycles. The van der Waals surface area contributed by atoms with E-state index in [-0.39, 0.29) is 11.9 Å². The highest BCUT2D eigenvalue weighted by atomic mass is 79.9. The monoisotopic (exact) mass is 323 g/mol. The van der Waals surface area contributed by atoms with Crippen molar-refractivity contribution in [3.8, 4) is 0 Å². The number of aryl methyl sites for hydroxylation is 1. The lowest BCUT2D eigenvalue weighted by Gasteiger charge is -2.43.